The van der Waals surface area contributed by atoms with Crippen LogP contribution in [0.15, 0.2) is 48.8 Å². The van der Waals surface area contributed by atoms with Crippen molar-refractivity contribution in [3.05, 3.63) is 69.6 Å². The van der Waals surface area contributed by atoms with Crippen molar-refractivity contribution < 1.29 is 19.2 Å². The number of nitro groups is 1. The summed E-state index contributed by atoms with van der Waals surface area (Å²) in [6, 6.07) is 8.99. The van der Waals surface area contributed by atoms with Gasteiger partial charge in [-0.2, -0.15) is 0 Å². The number of imidazole rings is 1. The fourth-order valence-electron chi connectivity index (χ4n) is 2.19. The third kappa shape index (κ3) is 3.78. The van der Waals surface area contributed by atoms with Gasteiger partial charge in [0.15, 0.2) is 12.3 Å². The molecule has 9 nitrogen and oxygen atoms in total. The van der Waals surface area contributed by atoms with Crippen LogP contribution in [-0.4, -0.2) is 32.8 Å². The number of aromatic nitrogens is 2. The fourth-order valence-corrected chi connectivity index (χ4v) is 2.36. The highest BCUT2D eigenvalue weighted by molar-refractivity contribution is 6.31. The van der Waals surface area contributed by atoms with E-state index < -0.39 is 23.4 Å². The van der Waals surface area contributed by atoms with Crippen molar-refractivity contribution >= 4 is 40.5 Å². The average Bonchev–Trinajstić information content (AvgIpc) is 3.03. The number of anilines is 1. The van der Waals surface area contributed by atoms with E-state index in [-0.39, 0.29) is 22.1 Å². The van der Waals surface area contributed by atoms with Crippen molar-refractivity contribution in [1.29, 1.82) is 0 Å². The summed E-state index contributed by atoms with van der Waals surface area (Å²) in [7, 11) is 0. The zero-order valence-electron chi connectivity index (χ0n) is 13.1. The highest BCUT2D eigenvalue weighted by Gasteiger charge is 2.18. The second kappa shape index (κ2) is 7.19. The largest absolute Gasteiger partial charge is 0.451 e. The molecule has 3 aromatic rings. The molecule has 0 unspecified atom stereocenters. The molecule has 0 bridgehead atoms. The highest BCUT2D eigenvalue weighted by atomic mass is 35.5. The number of halogens is 1. The molecule has 132 valence electrons. The molecule has 0 aliphatic rings. The van der Waals surface area contributed by atoms with E-state index in [9.17, 15) is 19.7 Å². The van der Waals surface area contributed by atoms with Gasteiger partial charge in [0.1, 0.15) is 11.3 Å². The Morgan fingerprint density at radius 2 is 2.12 bits per heavy atom. The van der Waals surface area contributed by atoms with Crippen molar-refractivity contribution in [2.75, 3.05) is 11.9 Å². The van der Waals surface area contributed by atoms with Crippen LogP contribution in [0.2, 0.25) is 5.02 Å². The number of hydrogen-bond acceptors (Lipinski definition) is 6. The summed E-state index contributed by atoms with van der Waals surface area (Å²) < 4.78 is 6.52. The maximum absolute atomic E-state index is 12.0. The first-order valence-electron chi connectivity index (χ1n) is 7.28. The Morgan fingerprint density at radius 1 is 1.31 bits per heavy atom. The third-order valence-corrected chi connectivity index (χ3v) is 3.57. The molecule has 0 fully saturated rings. The average molecular weight is 375 g/mol. The summed E-state index contributed by atoms with van der Waals surface area (Å²) in [5.74, 6) is -1.53. The summed E-state index contributed by atoms with van der Waals surface area (Å²) in [5.41, 5.74) is 0.182. The van der Waals surface area contributed by atoms with Crippen LogP contribution in [0.1, 0.15) is 10.5 Å². The second-order valence-electron chi connectivity index (χ2n) is 5.14. The van der Waals surface area contributed by atoms with Crippen LogP contribution in [0.25, 0.3) is 5.65 Å². The Hall–Kier alpha value is -3.46. The molecule has 2 heterocycles. The van der Waals surface area contributed by atoms with Crippen LogP contribution in [0, 0.1) is 10.1 Å². The van der Waals surface area contributed by atoms with Gasteiger partial charge in [0.2, 0.25) is 0 Å². The molecule has 1 N–H and O–H groups in total. The number of fused-ring (bicyclic) bond motifs is 1. The van der Waals surface area contributed by atoms with Crippen LogP contribution in [0.3, 0.4) is 0 Å². The molecule has 0 saturated carbocycles. The molecule has 0 saturated heterocycles. The zero-order valence-corrected chi connectivity index (χ0v) is 13.8. The first-order chi connectivity index (χ1) is 12.4. The van der Waals surface area contributed by atoms with Crippen LogP contribution in [0.5, 0.6) is 0 Å². The minimum absolute atomic E-state index is 0.0396. The normalized spacial score (nSPS) is 10.5. The lowest BCUT2D eigenvalue weighted by Crippen LogP contribution is -2.21. The SMILES string of the molecule is O=C(COC(=O)c1cn2ccccc2n1)Nc1cc(Cl)ccc1[N+](=O)[O-]. The predicted octanol–water partition coefficient (Wildman–Crippen LogP) is 2.69. The Bertz CT molecular complexity index is 984. The van der Waals surface area contributed by atoms with Gasteiger partial charge >= 0.3 is 5.97 Å². The van der Waals surface area contributed by atoms with Crippen LogP contribution < -0.4 is 5.32 Å². The summed E-state index contributed by atoms with van der Waals surface area (Å²) in [5, 5.41) is 13.5. The van der Waals surface area contributed by atoms with Crippen molar-refractivity contribution in [3.8, 4) is 0 Å². The minimum atomic E-state index is -0.788. The monoisotopic (exact) mass is 374 g/mol. The Morgan fingerprint density at radius 3 is 2.85 bits per heavy atom. The van der Waals surface area contributed by atoms with Gasteiger partial charge in [0, 0.05) is 23.5 Å². The number of esters is 1. The van der Waals surface area contributed by atoms with Gasteiger partial charge in [0.25, 0.3) is 11.6 Å². The van der Waals surface area contributed by atoms with E-state index in [2.05, 4.69) is 10.3 Å². The van der Waals surface area contributed by atoms with Gasteiger partial charge in [-0.05, 0) is 24.3 Å². The van der Waals surface area contributed by atoms with E-state index in [1.165, 1.54) is 24.4 Å². The first kappa shape index (κ1) is 17.4. The molecule has 1 aromatic carbocycles. The van der Waals surface area contributed by atoms with Crippen LogP contribution in [-0.2, 0) is 9.53 Å². The van der Waals surface area contributed by atoms with E-state index in [1.54, 1.807) is 28.8 Å². The number of hydrogen-bond donors (Lipinski definition) is 1. The fraction of sp³-hybridized carbons (Fsp3) is 0.0625. The number of nitrogens with zero attached hydrogens (tertiary/aromatic N) is 3. The number of amides is 1. The molecular weight excluding hydrogens is 364 g/mol. The predicted molar refractivity (Wildman–Crippen MR) is 92.2 cm³/mol. The van der Waals surface area contributed by atoms with Crippen molar-refractivity contribution in [3.63, 3.8) is 0 Å². The number of nitro benzene ring substituents is 1. The number of carbonyl (C=O) groups excluding carboxylic acids is 2. The van der Waals surface area contributed by atoms with E-state index in [0.29, 0.717) is 5.65 Å². The molecule has 0 atom stereocenters. The van der Waals surface area contributed by atoms with Crippen molar-refractivity contribution in [2.45, 2.75) is 0 Å². The van der Waals surface area contributed by atoms with E-state index >= 15 is 0 Å². The van der Waals surface area contributed by atoms with Gasteiger partial charge < -0.3 is 14.5 Å². The molecular formula is C16H11ClN4O5. The quantitative estimate of drug-likeness (QED) is 0.417. The lowest BCUT2D eigenvalue weighted by atomic mass is 10.2. The second-order valence-corrected chi connectivity index (χ2v) is 5.57. The summed E-state index contributed by atoms with van der Waals surface area (Å²) >= 11 is 5.78. The maximum atomic E-state index is 12.0. The van der Waals surface area contributed by atoms with Crippen LogP contribution >= 0.6 is 11.6 Å². The van der Waals surface area contributed by atoms with Gasteiger partial charge in [-0.1, -0.05) is 17.7 Å². The Labute approximate surface area is 151 Å². The standard InChI is InChI=1S/C16H11ClN4O5/c17-10-4-5-13(21(24)25)11(7-10)19-15(22)9-26-16(23)12-8-20-6-2-1-3-14(20)18-12/h1-8H,9H2,(H,19,22). The van der Waals surface area contributed by atoms with E-state index in [0.717, 1.165) is 0 Å². The summed E-state index contributed by atoms with van der Waals surface area (Å²) in [4.78, 5) is 38.3. The molecule has 0 aliphatic carbocycles. The number of nitrogens with one attached hydrogen (secondary N) is 1. The summed E-state index contributed by atoms with van der Waals surface area (Å²) in [6.07, 6.45) is 3.18. The molecule has 3 rings (SSSR count). The molecule has 10 heteroatoms. The van der Waals surface area contributed by atoms with E-state index in [4.69, 9.17) is 16.3 Å². The number of pyridine rings is 1. The lowest BCUT2D eigenvalue weighted by Gasteiger charge is -2.06. The molecule has 0 spiro atoms. The maximum Gasteiger partial charge on any atom is 0.359 e. The highest BCUT2D eigenvalue weighted by Crippen LogP contribution is 2.27. The lowest BCUT2D eigenvalue weighted by molar-refractivity contribution is -0.383. The molecule has 1 amide bonds. The van der Waals surface area contributed by atoms with E-state index in [1.807, 2.05) is 0 Å². The molecule has 26 heavy (non-hydrogen) atoms. The van der Waals surface area contributed by atoms with Gasteiger partial charge in [-0.25, -0.2) is 9.78 Å². The molecule has 0 aliphatic heterocycles. The zero-order chi connectivity index (χ0) is 18.7. The van der Waals surface area contributed by atoms with Gasteiger partial charge in [-0.15, -0.1) is 0 Å². The number of ether oxygens (including phenoxy) is 1. The first-order valence-corrected chi connectivity index (χ1v) is 7.66. The number of rotatable bonds is 5. The van der Waals surface area contributed by atoms with Gasteiger partial charge in [0.05, 0.1) is 4.92 Å². The van der Waals surface area contributed by atoms with Crippen molar-refractivity contribution in [2.24, 2.45) is 0 Å². The van der Waals surface area contributed by atoms with Crippen LogP contribution in [0.4, 0.5) is 11.4 Å². The smallest absolute Gasteiger partial charge is 0.359 e. The minimum Gasteiger partial charge on any atom is -0.451 e. The molecule has 0 radical (unpaired) electrons. The van der Waals surface area contributed by atoms with Crippen molar-refractivity contribution in [1.82, 2.24) is 9.38 Å². The topological polar surface area (TPSA) is 116 Å². The third-order valence-electron chi connectivity index (χ3n) is 3.34. The number of carbonyl (C=O) groups is 2. The summed E-state index contributed by atoms with van der Waals surface area (Å²) in [6.45, 7) is -0.629. The Kier molecular flexibility index (Phi) is 4.81. The molecule has 2 aromatic heterocycles. The van der Waals surface area contributed by atoms with Gasteiger partial charge in [-0.3, -0.25) is 14.9 Å². The number of benzene rings is 1. The Balaban J connectivity index is 1.65.